The summed E-state index contributed by atoms with van der Waals surface area (Å²) in [5, 5.41) is 9.32. The van der Waals surface area contributed by atoms with Crippen LogP contribution in [0.5, 0.6) is 5.75 Å². The minimum atomic E-state index is -0.943. The summed E-state index contributed by atoms with van der Waals surface area (Å²) < 4.78 is 8.25. The van der Waals surface area contributed by atoms with Crippen molar-refractivity contribution in [2.24, 2.45) is 0 Å². The van der Waals surface area contributed by atoms with Gasteiger partial charge in [0.25, 0.3) is 0 Å². The van der Waals surface area contributed by atoms with Crippen molar-refractivity contribution in [2.75, 3.05) is 19.6 Å². The van der Waals surface area contributed by atoms with Crippen LogP contribution in [0.3, 0.4) is 0 Å². The summed E-state index contributed by atoms with van der Waals surface area (Å²) in [6.07, 6.45) is 0.990. The smallest absolute Gasteiger partial charge is 0.335 e. The van der Waals surface area contributed by atoms with Gasteiger partial charge in [0, 0.05) is 6.54 Å². The zero-order valence-corrected chi connectivity index (χ0v) is 18.3. The summed E-state index contributed by atoms with van der Waals surface area (Å²) in [7, 11) is 0. The lowest BCUT2D eigenvalue weighted by Gasteiger charge is -2.18. The number of aromatic carboxylic acids is 1. The number of rotatable bonds is 10. The number of ether oxygens (including phenoxy) is 1. The first kappa shape index (κ1) is 21.8. The number of aryl methyl sites for hydroxylation is 3. The van der Waals surface area contributed by atoms with Gasteiger partial charge in [-0.3, -0.25) is 0 Å². The molecule has 6 nitrogen and oxygen atoms in total. The number of hydrogen-bond donors (Lipinski definition) is 1. The van der Waals surface area contributed by atoms with Gasteiger partial charge in [0.15, 0.2) is 0 Å². The van der Waals surface area contributed by atoms with E-state index in [9.17, 15) is 9.90 Å². The maximum atomic E-state index is 11.4. The molecule has 0 unspecified atom stereocenters. The monoisotopic (exact) mass is 409 g/mol. The first-order chi connectivity index (χ1) is 14.4. The number of carboxylic acid groups (broad SMARTS) is 1. The minimum Gasteiger partial charge on any atom is -0.485 e. The Kier molecular flexibility index (Phi) is 7.11. The van der Waals surface area contributed by atoms with E-state index in [-0.39, 0.29) is 5.56 Å². The molecule has 0 bridgehead atoms. The van der Waals surface area contributed by atoms with E-state index in [1.807, 2.05) is 25.1 Å². The van der Waals surface area contributed by atoms with Crippen molar-refractivity contribution in [1.82, 2.24) is 14.5 Å². The molecule has 1 N–H and O–H groups in total. The molecule has 0 fully saturated rings. The lowest BCUT2D eigenvalue weighted by atomic mass is 10.1. The molecule has 0 aliphatic carbocycles. The number of benzene rings is 2. The Hall–Kier alpha value is -2.86. The van der Waals surface area contributed by atoms with Gasteiger partial charge in [-0.05, 0) is 69.7 Å². The second kappa shape index (κ2) is 9.76. The molecule has 1 aromatic heterocycles. The second-order valence-electron chi connectivity index (χ2n) is 7.63. The SMILES string of the molecule is CCN(CC)CCCn1c(COc2ccc(C)cc2C)nc2cc(C(=O)O)ccc21. The van der Waals surface area contributed by atoms with Crippen LogP contribution in [-0.4, -0.2) is 45.2 Å². The number of imidazole rings is 1. The molecule has 0 spiro atoms. The Morgan fingerprint density at radius 1 is 1.13 bits per heavy atom. The Morgan fingerprint density at radius 2 is 1.90 bits per heavy atom. The largest absolute Gasteiger partial charge is 0.485 e. The van der Waals surface area contributed by atoms with Crippen LogP contribution in [0.15, 0.2) is 36.4 Å². The van der Waals surface area contributed by atoms with E-state index in [0.717, 1.165) is 55.3 Å². The van der Waals surface area contributed by atoms with Crippen LogP contribution in [0.1, 0.15) is 47.6 Å². The molecule has 0 aliphatic heterocycles. The Balaban J connectivity index is 1.86. The van der Waals surface area contributed by atoms with Crippen molar-refractivity contribution >= 4 is 17.0 Å². The number of carboxylic acids is 1. The molecule has 0 saturated carbocycles. The molecule has 6 heteroatoms. The minimum absolute atomic E-state index is 0.247. The van der Waals surface area contributed by atoms with Gasteiger partial charge in [-0.15, -0.1) is 0 Å². The number of fused-ring (bicyclic) bond motifs is 1. The van der Waals surface area contributed by atoms with E-state index in [0.29, 0.717) is 12.1 Å². The Bertz CT molecular complexity index is 1020. The van der Waals surface area contributed by atoms with Crippen molar-refractivity contribution in [3.63, 3.8) is 0 Å². The van der Waals surface area contributed by atoms with Gasteiger partial charge in [0.05, 0.1) is 16.6 Å². The quantitative estimate of drug-likeness (QED) is 0.527. The molecule has 1 heterocycles. The van der Waals surface area contributed by atoms with Crippen LogP contribution >= 0.6 is 0 Å². The molecule has 0 amide bonds. The fourth-order valence-electron chi connectivity index (χ4n) is 3.77. The summed E-state index contributed by atoms with van der Waals surface area (Å²) in [4.78, 5) is 18.5. The van der Waals surface area contributed by atoms with E-state index < -0.39 is 5.97 Å². The highest BCUT2D eigenvalue weighted by molar-refractivity contribution is 5.92. The topological polar surface area (TPSA) is 67.6 Å². The third kappa shape index (κ3) is 5.00. The molecule has 0 saturated heterocycles. The number of carbonyl (C=O) groups is 1. The lowest BCUT2D eigenvalue weighted by Crippen LogP contribution is -2.25. The average molecular weight is 410 g/mol. The average Bonchev–Trinajstić information content (AvgIpc) is 3.07. The first-order valence-electron chi connectivity index (χ1n) is 10.6. The standard InChI is InChI=1S/C24H31N3O3/c1-5-26(6-2)12-7-13-27-21-10-9-19(24(28)29)15-20(21)25-23(27)16-30-22-11-8-17(3)14-18(22)4/h8-11,14-15H,5-7,12-13,16H2,1-4H3,(H,28,29). The van der Waals surface area contributed by atoms with E-state index >= 15 is 0 Å². The molecule has 2 aromatic carbocycles. The highest BCUT2D eigenvalue weighted by atomic mass is 16.5. The van der Waals surface area contributed by atoms with Gasteiger partial charge in [-0.1, -0.05) is 31.5 Å². The Labute approximate surface area is 178 Å². The van der Waals surface area contributed by atoms with Crippen molar-refractivity contribution in [2.45, 2.75) is 47.3 Å². The van der Waals surface area contributed by atoms with Crippen LogP contribution in [0.4, 0.5) is 0 Å². The molecular weight excluding hydrogens is 378 g/mol. The van der Waals surface area contributed by atoms with E-state index in [4.69, 9.17) is 9.72 Å². The fraction of sp³-hybridized carbons (Fsp3) is 0.417. The summed E-state index contributed by atoms with van der Waals surface area (Å²) in [6, 6.07) is 11.3. The van der Waals surface area contributed by atoms with Crippen molar-refractivity contribution in [1.29, 1.82) is 0 Å². The van der Waals surface area contributed by atoms with E-state index in [2.05, 4.69) is 36.3 Å². The Morgan fingerprint density at radius 3 is 2.57 bits per heavy atom. The molecule has 3 aromatic rings. The van der Waals surface area contributed by atoms with Gasteiger partial charge in [0.2, 0.25) is 0 Å². The van der Waals surface area contributed by atoms with Crippen LogP contribution in [0.25, 0.3) is 11.0 Å². The highest BCUT2D eigenvalue weighted by Gasteiger charge is 2.14. The zero-order valence-electron chi connectivity index (χ0n) is 18.3. The highest BCUT2D eigenvalue weighted by Crippen LogP contribution is 2.23. The normalized spacial score (nSPS) is 11.4. The first-order valence-corrected chi connectivity index (χ1v) is 10.6. The van der Waals surface area contributed by atoms with Crippen LogP contribution < -0.4 is 4.74 Å². The third-order valence-corrected chi connectivity index (χ3v) is 5.51. The summed E-state index contributed by atoms with van der Waals surface area (Å²) >= 11 is 0. The molecule has 0 radical (unpaired) electrons. The summed E-state index contributed by atoms with van der Waals surface area (Å²) in [5.41, 5.74) is 4.17. The number of aromatic nitrogens is 2. The van der Waals surface area contributed by atoms with Gasteiger partial charge >= 0.3 is 5.97 Å². The van der Waals surface area contributed by atoms with Crippen molar-refractivity contribution < 1.29 is 14.6 Å². The number of hydrogen-bond acceptors (Lipinski definition) is 4. The maximum absolute atomic E-state index is 11.4. The molecular formula is C24H31N3O3. The van der Waals surface area contributed by atoms with Crippen LogP contribution in [-0.2, 0) is 13.2 Å². The van der Waals surface area contributed by atoms with Crippen molar-refractivity contribution in [3.05, 3.63) is 58.9 Å². The van der Waals surface area contributed by atoms with Gasteiger partial charge in [-0.2, -0.15) is 0 Å². The van der Waals surface area contributed by atoms with Crippen LogP contribution in [0, 0.1) is 13.8 Å². The predicted octanol–water partition coefficient (Wildman–Crippen LogP) is 4.66. The van der Waals surface area contributed by atoms with Gasteiger partial charge in [-0.25, -0.2) is 9.78 Å². The zero-order chi connectivity index (χ0) is 21.7. The van der Waals surface area contributed by atoms with E-state index in [1.54, 1.807) is 12.1 Å². The lowest BCUT2D eigenvalue weighted by molar-refractivity contribution is 0.0697. The summed E-state index contributed by atoms with van der Waals surface area (Å²) in [5.74, 6) is 0.710. The molecule has 0 atom stereocenters. The third-order valence-electron chi connectivity index (χ3n) is 5.51. The second-order valence-corrected chi connectivity index (χ2v) is 7.63. The molecule has 3 rings (SSSR count). The fourth-order valence-corrected chi connectivity index (χ4v) is 3.77. The molecule has 30 heavy (non-hydrogen) atoms. The van der Waals surface area contributed by atoms with Crippen molar-refractivity contribution in [3.8, 4) is 5.75 Å². The molecule has 0 aliphatic rings. The molecule has 160 valence electrons. The predicted molar refractivity (Wildman–Crippen MR) is 119 cm³/mol. The van der Waals surface area contributed by atoms with E-state index in [1.165, 1.54) is 5.56 Å². The van der Waals surface area contributed by atoms with Gasteiger partial charge < -0.3 is 19.3 Å². The summed E-state index contributed by atoms with van der Waals surface area (Å²) in [6.45, 7) is 12.7. The van der Waals surface area contributed by atoms with Crippen LogP contribution in [0.2, 0.25) is 0 Å². The maximum Gasteiger partial charge on any atom is 0.335 e. The number of nitrogens with zero attached hydrogens (tertiary/aromatic N) is 3. The van der Waals surface area contributed by atoms with Gasteiger partial charge in [0.1, 0.15) is 18.2 Å².